The fraction of sp³-hybridized carbons (Fsp3) is 0.438. The fourth-order valence-electron chi connectivity index (χ4n) is 2.81. The topological polar surface area (TPSA) is 80.2 Å². The SMILES string of the molecule is Cc1oc(-c2ccsc2)nc1Cc1nc(C2CNCCN2C)no1. The molecule has 0 aromatic carbocycles. The number of hydrogen-bond acceptors (Lipinski definition) is 8. The zero-order chi connectivity index (χ0) is 16.5. The van der Waals surface area contributed by atoms with Gasteiger partial charge in [0.1, 0.15) is 5.76 Å². The van der Waals surface area contributed by atoms with Crippen molar-refractivity contribution in [3.63, 3.8) is 0 Å². The Hall–Kier alpha value is -2.03. The van der Waals surface area contributed by atoms with Crippen LogP contribution in [0.15, 0.2) is 25.8 Å². The summed E-state index contributed by atoms with van der Waals surface area (Å²) in [7, 11) is 2.08. The Labute approximate surface area is 143 Å². The number of hydrogen-bond donors (Lipinski definition) is 1. The summed E-state index contributed by atoms with van der Waals surface area (Å²) in [5.74, 6) is 2.71. The average molecular weight is 345 g/mol. The van der Waals surface area contributed by atoms with Crippen LogP contribution in [-0.2, 0) is 6.42 Å². The molecule has 4 rings (SSSR count). The number of nitrogens with one attached hydrogen (secondary N) is 1. The Morgan fingerprint density at radius 3 is 3.12 bits per heavy atom. The number of rotatable bonds is 4. The first kappa shape index (κ1) is 15.5. The molecule has 126 valence electrons. The quantitative estimate of drug-likeness (QED) is 0.777. The van der Waals surface area contributed by atoms with Gasteiger partial charge in [-0.3, -0.25) is 4.90 Å². The van der Waals surface area contributed by atoms with Crippen LogP contribution in [0.4, 0.5) is 0 Å². The molecule has 1 aliphatic rings. The summed E-state index contributed by atoms with van der Waals surface area (Å²) in [4.78, 5) is 11.4. The molecule has 8 heteroatoms. The second kappa shape index (κ2) is 6.46. The van der Waals surface area contributed by atoms with Gasteiger partial charge in [0.25, 0.3) is 0 Å². The number of oxazole rings is 1. The van der Waals surface area contributed by atoms with E-state index in [0.29, 0.717) is 18.2 Å². The summed E-state index contributed by atoms with van der Waals surface area (Å²) in [5, 5.41) is 11.5. The molecule has 1 atom stereocenters. The van der Waals surface area contributed by atoms with Gasteiger partial charge in [-0.25, -0.2) is 4.98 Å². The number of thiophene rings is 1. The molecule has 3 aromatic rings. The Morgan fingerprint density at radius 2 is 2.33 bits per heavy atom. The van der Waals surface area contributed by atoms with Gasteiger partial charge in [-0.05, 0) is 25.4 Å². The van der Waals surface area contributed by atoms with Crippen LogP contribution < -0.4 is 5.32 Å². The lowest BCUT2D eigenvalue weighted by molar-refractivity contribution is 0.190. The highest BCUT2D eigenvalue weighted by Crippen LogP contribution is 2.25. The first-order valence-electron chi connectivity index (χ1n) is 7.93. The van der Waals surface area contributed by atoms with E-state index in [4.69, 9.17) is 8.94 Å². The maximum atomic E-state index is 5.76. The lowest BCUT2D eigenvalue weighted by atomic mass is 10.2. The first-order chi connectivity index (χ1) is 11.7. The molecule has 1 aliphatic heterocycles. The van der Waals surface area contributed by atoms with Crippen molar-refractivity contribution in [2.45, 2.75) is 19.4 Å². The van der Waals surface area contributed by atoms with Gasteiger partial charge in [-0.2, -0.15) is 16.3 Å². The highest BCUT2D eigenvalue weighted by molar-refractivity contribution is 7.08. The molecule has 0 saturated carbocycles. The largest absolute Gasteiger partial charge is 0.441 e. The Balaban J connectivity index is 1.52. The average Bonchev–Trinajstić information content (AvgIpc) is 3.30. The maximum Gasteiger partial charge on any atom is 0.232 e. The molecule has 1 saturated heterocycles. The second-order valence-corrected chi connectivity index (χ2v) is 6.74. The lowest BCUT2D eigenvalue weighted by Crippen LogP contribution is -2.44. The van der Waals surface area contributed by atoms with E-state index >= 15 is 0 Å². The van der Waals surface area contributed by atoms with E-state index in [-0.39, 0.29) is 6.04 Å². The molecule has 0 amide bonds. The Morgan fingerprint density at radius 1 is 1.42 bits per heavy atom. The van der Waals surface area contributed by atoms with E-state index in [0.717, 1.165) is 42.5 Å². The molecule has 1 unspecified atom stereocenters. The maximum absolute atomic E-state index is 5.76. The molecular weight excluding hydrogens is 326 g/mol. The molecule has 0 spiro atoms. The van der Waals surface area contributed by atoms with E-state index < -0.39 is 0 Å². The van der Waals surface area contributed by atoms with Gasteiger partial charge < -0.3 is 14.3 Å². The number of nitrogens with zero attached hydrogens (tertiary/aromatic N) is 4. The van der Waals surface area contributed by atoms with Crippen molar-refractivity contribution >= 4 is 11.3 Å². The zero-order valence-corrected chi connectivity index (χ0v) is 14.5. The van der Waals surface area contributed by atoms with Gasteiger partial charge in [0.2, 0.25) is 11.8 Å². The number of aromatic nitrogens is 3. The van der Waals surface area contributed by atoms with Crippen LogP contribution in [0.1, 0.15) is 29.2 Å². The van der Waals surface area contributed by atoms with Gasteiger partial charge in [-0.1, -0.05) is 5.16 Å². The predicted octanol–water partition coefficient (Wildman–Crippen LogP) is 2.26. The molecule has 4 heterocycles. The van der Waals surface area contributed by atoms with Crippen LogP contribution >= 0.6 is 11.3 Å². The second-order valence-electron chi connectivity index (χ2n) is 5.96. The van der Waals surface area contributed by atoms with Crippen molar-refractivity contribution in [3.05, 3.63) is 40.0 Å². The van der Waals surface area contributed by atoms with Crippen LogP contribution in [0.5, 0.6) is 0 Å². The zero-order valence-electron chi connectivity index (χ0n) is 13.7. The molecule has 24 heavy (non-hydrogen) atoms. The fourth-order valence-corrected chi connectivity index (χ4v) is 3.44. The van der Waals surface area contributed by atoms with E-state index in [1.165, 1.54) is 0 Å². The van der Waals surface area contributed by atoms with Crippen molar-refractivity contribution in [1.82, 2.24) is 25.3 Å². The molecule has 3 aromatic heterocycles. The third-order valence-corrected chi connectivity index (χ3v) is 4.96. The van der Waals surface area contributed by atoms with E-state index in [9.17, 15) is 0 Å². The van der Waals surface area contributed by atoms with Crippen molar-refractivity contribution in [3.8, 4) is 11.5 Å². The van der Waals surface area contributed by atoms with E-state index in [1.807, 2.05) is 23.8 Å². The van der Waals surface area contributed by atoms with E-state index in [2.05, 4.69) is 32.4 Å². The molecule has 1 fully saturated rings. The third-order valence-electron chi connectivity index (χ3n) is 4.27. The Bertz CT molecular complexity index is 810. The predicted molar refractivity (Wildman–Crippen MR) is 89.9 cm³/mol. The first-order valence-corrected chi connectivity index (χ1v) is 8.87. The number of aryl methyl sites for hydroxylation is 1. The highest BCUT2D eigenvalue weighted by Gasteiger charge is 2.25. The van der Waals surface area contributed by atoms with Crippen LogP contribution in [0.25, 0.3) is 11.5 Å². The number of piperazine rings is 1. The van der Waals surface area contributed by atoms with Crippen molar-refractivity contribution in [2.75, 3.05) is 26.7 Å². The summed E-state index contributed by atoms with van der Waals surface area (Å²) in [6.45, 7) is 4.71. The lowest BCUT2D eigenvalue weighted by Gasteiger charge is -2.30. The van der Waals surface area contributed by atoms with Crippen molar-refractivity contribution in [2.24, 2.45) is 0 Å². The van der Waals surface area contributed by atoms with Gasteiger partial charge in [0.15, 0.2) is 5.82 Å². The molecule has 0 radical (unpaired) electrons. The normalized spacial score (nSPS) is 19.0. The summed E-state index contributed by atoms with van der Waals surface area (Å²) in [6, 6.07) is 2.15. The third kappa shape index (κ3) is 3.00. The standard InChI is InChI=1S/C16H19N5O2S/c1-10-12(18-16(22-10)11-3-6-24-9-11)7-14-19-15(20-23-14)13-8-17-4-5-21(13)2/h3,6,9,13,17H,4-5,7-8H2,1-2H3. The minimum Gasteiger partial charge on any atom is -0.441 e. The monoisotopic (exact) mass is 345 g/mol. The van der Waals surface area contributed by atoms with Crippen LogP contribution in [-0.4, -0.2) is 46.7 Å². The minimum absolute atomic E-state index is 0.149. The molecular formula is C16H19N5O2S. The summed E-state index contributed by atoms with van der Waals surface area (Å²) in [5.41, 5.74) is 1.83. The smallest absolute Gasteiger partial charge is 0.232 e. The minimum atomic E-state index is 0.149. The molecule has 0 bridgehead atoms. The molecule has 7 nitrogen and oxygen atoms in total. The van der Waals surface area contributed by atoms with Crippen LogP contribution in [0.2, 0.25) is 0 Å². The molecule has 0 aliphatic carbocycles. The highest BCUT2D eigenvalue weighted by atomic mass is 32.1. The summed E-state index contributed by atoms with van der Waals surface area (Å²) >= 11 is 1.62. The van der Waals surface area contributed by atoms with E-state index in [1.54, 1.807) is 11.3 Å². The van der Waals surface area contributed by atoms with Crippen molar-refractivity contribution in [1.29, 1.82) is 0 Å². The van der Waals surface area contributed by atoms with Crippen LogP contribution in [0, 0.1) is 6.92 Å². The summed E-state index contributed by atoms with van der Waals surface area (Å²) in [6.07, 6.45) is 0.482. The van der Waals surface area contributed by atoms with Gasteiger partial charge in [0, 0.05) is 30.6 Å². The van der Waals surface area contributed by atoms with Gasteiger partial charge in [-0.15, -0.1) is 0 Å². The molecule has 1 N–H and O–H groups in total. The number of likely N-dealkylation sites (N-methyl/N-ethyl adjacent to an activating group) is 1. The summed E-state index contributed by atoms with van der Waals surface area (Å²) < 4.78 is 11.2. The Kier molecular flexibility index (Phi) is 4.17. The van der Waals surface area contributed by atoms with Crippen LogP contribution in [0.3, 0.4) is 0 Å². The van der Waals surface area contributed by atoms with Gasteiger partial charge >= 0.3 is 0 Å². The van der Waals surface area contributed by atoms with Gasteiger partial charge in [0.05, 0.1) is 18.2 Å². The van der Waals surface area contributed by atoms with Crippen molar-refractivity contribution < 1.29 is 8.94 Å².